The fourth-order valence-electron chi connectivity index (χ4n) is 2.48. The molecule has 0 aliphatic heterocycles. The van der Waals surface area contributed by atoms with E-state index in [1.54, 1.807) is 24.3 Å². The van der Waals surface area contributed by atoms with Gasteiger partial charge in [-0.25, -0.2) is 8.42 Å². The van der Waals surface area contributed by atoms with Gasteiger partial charge in [-0.1, -0.05) is 31.5 Å². The Morgan fingerprint density at radius 2 is 1.63 bits per heavy atom. The molecule has 1 aromatic carbocycles. The van der Waals surface area contributed by atoms with Crippen LogP contribution in [0.3, 0.4) is 0 Å². The molecule has 0 aromatic heterocycles. The lowest BCUT2D eigenvalue weighted by atomic mass is 9.70. The van der Waals surface area contributed by atoms with Crippen molar-refractivity contribution >= 4 is 15.8 Å². The molecule has 1 aliphatic carbocycles. The summed E-state index contributed by atoms with van der Waals surface area (Å²) >= 11 is 0. The second-order valence-corrected chi connectivity index (χ2v) is 7.33. The van der Waals surface area contributed by atoms with Gasteiger partial charge in [0.05, 0.1) is 10.9 Å². The van der Waals surface area contributed by atoms with Crippen LogP contribution in [0, 0.1) is 18.8 Å². The minimum absolute atomic E-state index is 0.00527. The number of aryl methyl sites for hydroxylation is 1. The van der Waals surface area contributed by atoms with Crippen LogP contribution in [0.25, 0.3) is 0 Å². The first-order valence-electron chi connectivity index (χ1n) is 6.35. The van der Waals surface area contributed by atoms with Crippen LogP contribution in [0.1, 0.15) is 19.4 Å². The van der Waals surface area contributed by atoms with Gasteiger partial charge in [0.25, 0.3) is 0 Å². The van der Waals surface area contributed by atoms with Gasteiger partial charge < -0.3 is 0 Å². The number of ketones is 1. The fourth-order valence-corrected chi connectivity index (χ4v) is 3.89. The summed E-state index contributed by atoms with van der Waals surface area (Å²) in [5.74, 6) is 0.0177. The topological polar surface area (TPSA) is 54.5 Å². The zero-order chi connectivity index (χ0) is 14.4. The van der Waals surface area contributed by atoms with Crippen LogP contribution in [0.2, 0.25) is 0 Å². The average Bonchev–Trinajstić information content (AvgIpc) is 2.38. The monoisotopic (exact) mass is 281 g/mol. The lowest BCUT2D eigenvalue weighted by Crippen LogP contribution is -2.59. The predicted molar refractivity (Wildman–Crippen MR) is 73.3 cm³/mol. The van der Waals surface area contributed by atoms with E-state index in [9.17, 15) is 13.2 Å². The number of Topliss-reactive ketones (excluding diaryl/α,β-unsaturated/α-hetero) is 1. The molecule has 19 heavy (non-hydrogen) atoms. The molecular weight excluding hydrogens is 262 g/mol. The number of nitrogens with zero attached hydrogens (tertiary/aromatic N) is 1. The summed E-state index contributed by atoms with van der Waals surface area (Å²) in [6, 6.07) is 6.16. The highest BCUT2D eigenvalue weighted by molar-refractivity contribution is 7.89. The molecule has 2 rings (SSSR count). The number of hydrogen-bond donors (Lipinski definition) is 0. The van der Waals surface area contributed by atoms with Crippen LogP contribution in [-0.2, 0) is 14.8 Å². The third-order valence-electron chi connectivity index (χ3n) is 4.12. The molecule has 0 spiro atoms. The van der Waals surface area contributed by atoms with Gasteiger partial charge in [-0.05, 0) is 25.0 Å². The SMILES string of the molecule is Cc1ccc(S(=O)(=O)N(C)[C@H]2C(=O)[C@@H](C)[C@@H]2C)cc1. The molecule has 1 fully saturated rings. The van der Waals surface area contributed by atoms with Crippen LogP contribution in [0.5, 0.6) is 0 Å². The minimum atomic E-state index is -3.59. The van der Waals surface area contributed by atoms with E-state index < -0.39 is 16.1 Å². The van der Waals surface area contributed by atoms with Crippen molar-refractivity contribution in [1.82, 2.24) is 4.31 Å². The molecule has 3 atom stereocenters. The molecular formula is C14H19NO3S. The highest BCUT2D eigenvalue weighted by Gasteiger charge is 2.49. The smallest absolute Gasteiger partial charge is 0.243 e. The Balaban J connectivity index is 2.30. The molecule has 1 saturated carbocycles. The van der Waals surface area contributed by atoms with Gasteiger partial charge in [-0.3, -0.25) is 4.79 Å². The van der Waals surface area contributed by atoms with E-state index in [1.165, 1.54) is 11.4 Å². The highest BCUT2D eigenvalue weighted by Crippen LogP contribution is 2.35. The van der Waals surface area contributed by atoms with Crippen molar-refractivity contribution in [2.45, 2.75) is 31.7 Å². The van der Waals surface area contributed by atoms with E-state index in [1.807, 2.05) is 20.8 Å². The van der Waals surface area contributed by atoms with Crippen molar-refractivity contribution in [2.24, 2.45) is 11.8 Å². The van der Waals surface area contributed by atoms with Crippen molar-refractivity contribution in [3.63, 3.8) is 0 Å². The molecule has 1 aliphatic rings. The number of likely N-dealkylation sites (N-methyl/N-ethyl adjacent to an activating group) is 1. The molecule has 0 amide bonds. The van der Waals surface area contributed by atoms with Crippen molar-refractivity contribution < 1.29 is 13.2 Å². The van der Waals surface area contributed by atoms with Gasteiger partial charge in [0, 0.05) is 13.0 Å². The van der Waals surface area contributed by atoms with E-state index in [0.717, 1.165) is 5.56 Å². The number of sulfonamides is 1. The Hall–Kier alpha value is -1.20. The van der Waals surface area contributed by atoms with E-state index in [-0.39, 0.29) is 22.5 Å². The molecule has 0 unspecified atom stereocenters. The molecule has 5 heteroatoms. The molecule has 0 bridgehead atoms. The second-order valence-electron chi connectivity index (χ2n) is 5.33. The van der Waals surface area contributed by atoms with Gasteiger partial charge in [0.2, 0.25) is 10.0 Å². The highest BCUT2D eigenvalue weighted by atomic mass is 32.2. The van der Waals surface area contributed by atoms with Crippen molar-refractivity contribution in [1.29, 1.82) is 0 Å². The Morgan fingerprint density at radius 3 is 2.11 bits per heavy atom. The summed E-state index contributed by atoms with van der Waals surface area (Å²) in [7, 11) is -2.11. The zero-order valence-corrected chi connectivity index (χ0v) is 12.4. The normalized spacial score (nSPS) is 27.4. The van der Waals surface area contributed by atoms with Crippen LogP contribution in [0.15, 0.2) is 29.2 Å². The number of rotatable bonds is 3. The van der Waals surface area contributed by atoms with Crippen molar-refractivity contribution in [3.05, 3.63) is 29.8 Å². The molecule has 0 saturated heterocycles. The van der Waals surface area contributed by atoms with Crippen LogP contribution in [0.4, 0.5) is 0 Å². The largest absolute Gasteiger partial charge is 0.298 e. The fraction of sp³-hybridized carbons (Fsp3) is 0.500. The summed E-state index contributed by atoms with van der Waals surface area (Å²) < 4.78 is 26.1. The van der Waals surface area contributed by atoms with Crippen molar-refractivity contribution in [3.8, 4) is 0 Å². The summed E-state index contributed by atoms with van der Waals surface area (Å²) in [5.41, 5.74) is 1.00. The number of benzene rings is 1. The van der Waals surface area contributed by atoms with E-state index >= 15 is 0 Å². The maximum atomic E-state index is 12.4. The average molecular weight is 281 g/mol. The Bertz CT molecular complexity index is 592. The third-order valence-corrected chi connectivity index (χ3v) is 5.97. The third kappa shape index (κ3) is 2.21. The molecule has 104 valence electrons. The Labute approximate surface area is 114 Å². The molecule has 0 N–H and O–H groups in total. The lowest BCUT2D eigenvalue weighted by Gasteiger charge is -2.43. The Kier molecular flexibility index (Phi) is 3.53. The van der Waals surface area contributed by atoms with E-state index in [4.69, 9.17) is 0 Å². The molecule has 0 radical (unpaired) electrons. The Morgan fingerprint density at radius 1 is 1.11 bits per heavy atom. The van der Waals surface area contributed by atoms with Gasteiger partial charge in [0.1, 0.15) is 0 Å². The number of hydrogen-bond acceptors (Lipinski definition) is 3. The predicted octanol–water partition coefficient (Wildman–Crippen LogP) is 1.84. The van der Waals surface area contributed by atoms with Gasteiger partial charge in [-0.15, -0.1) is 0 Å². The summed E-state index contributed by atoms with van der Waals surface area (Å²) in [6.07, 6.45) is 0. The first-order valence-corrected chi connectivity index (χ1v) is 7.79. The summed E-state index contributed by atoms with van der Waals surface area (Å²) in [6.45, 7) is 5.66. The lowest BCUT2D eigenvalue weighted by molar-refractivity contribution is -0.139. The minimum Gasteiger partial charge on any atom is -0.298 e. The zero-order valence-electron chi connectivity index (χ0n) is 11.6. The van der Waals surface area contributed by atoms with Crippen LogP contribution < -0.4 is 0 Å². The van der Waals surface area contributed by atoms with Crippen LogP contribution >= 0.6 is 0 Å². The standard InChI is InChI=1S/C14H19NO3S/c1-9-5-7-12(8-6-9)19(17,18)15(4)13-10(2)11(3)14(13)16/h5-8,10-11,13H,1-4H3/t10-,11-,13+/m0/s1. The van der Waals surface area contributed by atoms with Gasteiger partial charge in [0.15, 0.2) is 5.78 Å². The van der Waals surface area contributed by atoms with Crippen LogP contribution in [-0.4, -0.2) is 31.6 Å². The quantitative estimate of drug-likeness (QED) is 0.849. The molecule has 1 aromatic rings. The van der Waals surface area contributed by atoms with Gasteiger partial charge >= 0.3 is 0 Å². The summed E-state index contributed by atoms with van der Waals surface area (Å²) in [4.78, 5) is 12.1. The number of carbonyl (C=O) groups excluding carboxylic acids is 1. The van der Waals surface area contributed by atoms with Gasteiger partial charge in [-0.2, -0.15) is 4.31 Å². The molecule has 4 nitrogen and oxygen atoms in total. The van der Waals surface area contributed by atoms with E-state index in [0.29, 0.717) is 0 Å². The first kappa shape index (κ1) is 14.2. The number of carbonyl (C=O) groups is 1. The first-order chi connectivity index (χ1) is 8.76. The van der Waals surface area contributed by atoms with Crippen molar-refractivity contribution in [2.75, 3.05) is 7.05 Å². The molecule has 0 heterocycles. The van der Waals surface area contributed by atoms with E-state index in [2.05, 4.69) is 0 Å². The maximum Gasteiger partial charge on any atom is 0.243 e. The summed E-state index contributed by atoms with van der Waals surface area (Å²) in [5, 5.41) is 0. The maximum absolute atomic E-state index is 12.4. The second kappa shape index (κ2) is 4.72.